The predicted octanol–water partition coefficient (Wildman–Crippen LogP) is -0.403. The van der Waals surface area contributed by atoms with Crippen molar-refractivity contribution in [3.63, 3.8) is 0 Å². The Morgan fingerprint density at radius 2 is 2.05 bits per heavy atom. The minimum atomic E-state index is -0.000702. The van der Waals surface area contributed by atoms with Crippen LogP contribution in [0.25, 0.3) is 5.57 Å². The minimum Gasteiger partial charge on any atom is -0.404 e. The van der Waals surface area contributed by atoms with Gasteiger partial charge in [0.15, 0.2) is 0 Å². The van der Waals surface area contributed by atoms with Crippen molar-refractivity contribution in [1.82, 2.24) is 9.97 Å². The molecular formula is C14H25N7O. The van der Waals surface area contributed by atoms with Crippen molar-refractivity contribution in [3.05, 3.63) is 18.0 Å². The molecule has 1 aliphatic heterocycles. The summed E-state index contributed by atoms with van der Waals surface area (Å²) in [5.74, 6) is 1.04. The Hall–Kier alpha value is -2.19. The molecule has 2 rings (SSSR count). The molecule has 0 amide bonds. The lowest BCUT2D eigenvalue weighted by Gasteiger charge is -2.17. The lowest BCUT2D eigenvalue weighted by Crippen LogP contribution is -2.20. The highest BCUT2D eigenvalue weighted by Gasteiger charge is 2.16. The highest BCUT2D eigenvalue weighted by Crippen LogP contribution is 2.21. The second kappa shape index (κ2) is 9.69. The highest BCUT2D eigenvalue weighted by molar-refractivity contribution is 6.09. The van der Waals surface area contributed by atoms with E-state index in [0.29, 0.717) is 17.8 Å². The van der Waals surface area contributed by atoms with Gasteiger partial charge in [0.1, 0.15) is 5.82 Å². The number of nitrogens with two attached hydrogens (primary N) is 3. The molecule has 2 heterocycles. The van der Waals surface area contributed by atoms with Crippen LogP contribution >= 0.6 is 0 Å². The lowest BCUT2D eigenvalue weighted by molar-refractivity contribution is 0.307. The van der Waals surface area contributed by atoms with E-state index in [0.717, 1.165) is 31.7 Å². The van der Waals surface area contributed by atoms with Crippen molar-refractivity contribution in [2.75, 3.05) is 43.9 Å². The highest BCUT2D eigenvalue weighted by atomic mass is 16.3. The van der Waals surface area contributed by atoms with Crippen LogP contribution in [0.3, 0.4) is 0 Å². The summed E-state index contributed by atoms with van der Waals surface area (Å²) in [5, 5.41) is 8.74. The van der Waals surface area contributed by atoms with E-state index in [4.69, 9.17) is 16.6 Å². The number of hydrogen-bond donors (Lipinski definition) is 4. The number of aliphatic hydroxyl groups excluding tert-OH is 1. The van der Waals surface area contributed by atoms with Crippen LogP contribution in [-0.4, -0.2) is 54.6 Å². The van der Waals surface area contributed by atoms with Gasteiger partial charge in [0.05, 0.1) is 18.8 Å². The molecule has 0 saturated carbocycles. The van der Waals surface area contributed by atoms with Crippen molar-refractivity contribution in [3.8, 4) is 0 Å². The molecule has 1 aliphatic rings. The summed E-state index contributed by atoms with van der Waals surface area (Å²) < 4.78 is 0. The SMILES string of the molecule is CN.N/C=C(\C=NCCO)c1cc(N2CCCC2)nc(N)n1. The maximum absolute atomic E-state index is 8.74. The Balaban J connectivity index is 0.00000116. The van der Waals surface area contributed by atoms with Crippen molar-refractivity contribution >= 4 is 23.6 Å². The first kappa shape index (κ1) is 17.9. The van der Waals surface area contributed by atoms with Crippen LogP contribution in [0.15, 0.2) is 17.3 Å². The minimum absolute atomic E-state index is 0.000702. The Morgan fingerprint density at radius 1 is 1.36 bits per heavy atom. The largest absolute Gasteiger partial charge is 0.404 e. The Kier molecular flexibility index (Phi) is 7.87. The van der Waals surface area contributed by atoms with Gasteiger partial charge in [0.2, 0.25) is 5.95 Å². The molecule has 0 unspecified atom stereocenters. The van der Waals surface area contributed by atoms with Gasteiger partial charge >= 0.3 is 0 Å². The van der Waals surface area contributed by atoms with Crippen molar-refractivity contribution in [1.29, 1.82) is 0 Å². The molecule has 1 aromatic heterocycles. The molecular weight excluding hydrogens is 282 g/mol. The summed E-state index contributed by atoms with van der Waals surface area (Å²) >= 11 is 0. The number of aromatic nitrogens is 2. The third-order valence-corrected chi connectivity index (χ3v) is 3.09. The second-order valence-electron chi connectivity index (χ2n) is 4.54. The zero-order valence-electron chi connectivity index (χ0n) is 12.9. The van der Waals surface area contributed by atoms with Crippen LogP contribution in [0.2, 0.25) is 0 Å². The van der Waals surface area contributed by atoms with Gasteiger partial charge in [-0.2, -0.15) is 4.98 Å². The van der Waals surface area contributed by atoms with E-state index in [-0.39, 0.29) is 12.6 Å². The van der Waals surface area contributed by atoms with Crippen LogP contribution in [-0.2, 0) is 0 Å². The second-order valence-corrected chi connectivity index (χ2v) is 4.54. The number of hydrogen-bond acceptors (Lipinski definition) is 8. The smallest absolute Gasteiger partial charge is 0.222 e. The summed E-state index contributed by atoms with van der Waals surface area (Å²) in [4.78, 5) is 14.7. The average molecular weight is 307 g/mol. The van der Waals surface area contributed by atoms with Gasteiger partial charge in [-0.15, -0.1) is 0 Å². The Morgan fingerprint density at radius 3 is 2.64 bits per heavy atom. The van der Waals surface area contributed by atoms with Crippen molar-refractivity contribution in [2.45, 2.75) is 12.8 Å². The van der Waals surface area contributed by atoms with E-state index in [1.54, 1.807) is 6.21 Å². The number of nitrogen functional groups attached to an aromatic ring is 1. The Bertz CT molecular complexity index is 510. The number of aliphatic hydroxyl groups is 1. The predicted molar refractivity (Wildman–Crippen MR) is 90.6 cm³/mol. The molecule has 8 heteroatoms. The molecule has 1 saturated heterocycles. The number of anilines is 2. The van der Waals surface area contributed by atoms with Gasteiger partial charge in [-0.3, -0.25) is 4.99 Å². The fourth-order valence-corrected chi connectivity index (χ4v) is 2.12. The van der Waals surface area contributed by atoms with Crippen LogP contribution < -0.4 is 22.1 Å². The lowest BCUT2D eigenvalue weighted by atomic mass is 10.2. The van der Waals surface area contributed by atoms with E-state index in [1.807, 2.05) is 6.07 Å². The van der Waals surface area contributed by atoms with E-state index in [9.17, 15) is 0 Å². The summed E-state index contributed by atoms with van der Waals surface area (Å²) in [6.07, 6.45) is 5.34. The van der Waals surface area contributed by atoms with E-state index in [2.05, 4.69) is 25.6 Å². The van der Waals surface area contributed by atoms with Crippen LogP contribution in [0, 0.1) is 0 Å². The summed E-state index contributed by atoms with van der Waals surface area (Å²) in [6.45, 7) is 2.29. The molecule has 122 valence electrons. The zero-order chi connectivity index (χ0) is 16.4. The maximum atomic E-state index is 8.74. The number of aliphatic imine (C=N–C) groups is 1. The van der Waals surface area contributed by atoms with Gasteiger partial charge in [-0.25, -0.2) is 4.98 Å². The zero-order valence-corrected chi connectivity index (χ0v) is 12.9. The summed E-state index contributed by atoms with van der Waals surface area (Å²) in [6, 6.07) is 1.87. The number of rotatable bonds is 5. The van der Waals surface area contributed by atoms with Crippen molar-refractivity contribution in [2.24, 2.45) is 16.5 Å². The van der Waals surface area contributed by atoms with E-state index >= 15 is 0 Å². The first-order valence-electron chi connectivity index (χ1n) is 7.25. The van der Waals surface area contributed by atoms with Gasteiger partial charge in [-0.1, -0.05) is 0 Å². The van der Waals surface area contributed by atoms with Gasteiger partial charge in [-0.05, 0) is 19.9 Å². The van der Waals surface area contributed by atoms with E-state index in [1.165, 1.54) is 13.2 Å². The molecule has 0 radical (unpaired) electrons. The molecule has 0 aliphatic carbocycles. The summed E-state index contributed by atoms with van der Waals surface area (Å²) in [7, 11) is 1.50. The number of nitrogens with zero attached hydrogens (tertiary/aromatic N) is 4. The molecule has 0 spiro atoms. The fourth-order valence-electron chi connectivity index (χ4n) is 2.12. The quantitative estimate of drug-likeness (QED) is 0.542. The monoisotopic (exact) mass is 307 g/mol. The average Bonchev–Trinajstić information content (AvgIpc) is 3.07. The van der Waals surface area contributed by atoms with Gasteiger partial charge in [0.25, 0.3) is 0 Å². The molecule has 0 aromatic carbocycles. The van der Waals surface area contributed by atoms with Crippen LogP contribution in [0.1, 0.15) is 18.5 Å². The molecule has 0 bridgehead atoms. The normalized spacial score (nSPS) is 15.0. The third kappa shape index (κ3) is 4.97. The van der Waals surface area contributed by atoms with Crippen LogP contribution in [0.4, 0.5) is 11.8 Å². The van der Waals surface area contributed by atoms with Gasteiger partial charge in [0, 0.05) is 37.1 Å². The first-order valence-corrected chi connectivity index (χ1v) is 7.25. The molecule has 7 N–H and O–H groups in total. The van der Waals surface area contributed by atoms with Crippen molar-refractivity contribution < 1.29 is 5.11 Å². The molecule has 8 nitrogen and oxygen atoms in total. The van der Waals surface area contributed by atoms with Crippen LogP contribution in [0.5, 0.6) is 0 Å². The fraction of sp³-hybridized carbons (Fsp3) is 0.500. The molecule has 1 fully saturated rings. The maximum Gasteiger partial charge on any atom is 0.222 e. The number of allylic oxidation sites excluding steroid dienone is 1. The third-order valence-electron chi connectivity index (χ3n) is 3.09. The standard InChI is InChI=1S/C13H20N6O.CH5N/c14-8-10(9-16-3-6-20)11-7-12(18-13(15)17-11)19-4-1-2-5-19;1-2/h7-9,20H,1-6,14H2,(H2,15,17,18);2H2,1H3/b10-8+,16-9?;. The molecule has 0 atom stereocenters. The van der Waals surface area contributed by atoms with E-state index < -0.39 is 0 Å². The summed E-state index contributed by atoms with van der Waals surface area (Å²) in [5.41, 5.74) is 17.2. The Labute approximate surface area is 130 Å². The molecule has 22 heavy (non-hydrogen) atoms. The first-order chi connectivity index (χ1) is 10.7. The van der Waals surface area contributed by atoms with Gasteiger partial charge < -0.3 is 27.2 Å². The topological polar surface area (TPSA) is 140 Å². The molecule has 1 aromatic rings.